The maximum atomic E-state index is 12.7. The van der Waals surface area contributed by atoms with Crippen LogP contribution in [0.3, 0.4) is 0 Å². The van der Waals surface area contributed by atoms with Crippen LogP contribution in [0.15, 0.2) is 27.5 Å². The van der Waals surface area contributed by atoms with Crippen molar-refractivity contribution in [1.29, 1.82) is 0 Å². The van der Waals surface area contributed by atoms with Crippen molar-refractivity contribution in [1.82, 2.24) is 5.32 Å². The van der Waals surface area contributed by atoms with Crippen molar-refractivity contribution in [2.24, 2.45) is 10.3 Å². The summed E-state index contributed by atoms with van der Waals surface area (Å²) in [6, 6.07) is 5.00. The maximum Gasteiger partial charge on any atom is 0.286 e. The molecule has 154 valence electrons. The van der Waals surface area contributed by atoms with Gasteiger partial charge in [0.05, 0.1) is 5.69 Å². The number of carbonyl (C=O) groups excluding carboxylic acids is 1. The van der Waals surface area contributed by atoms with E-state index >= 15 is 0 Å². The van der Waals surface area contributed by atoms with Crippen LogP contribution >= 0.6 is 0 Å². The molecular weight excluding hydrogens is 374 g/mol. The van der Waals surface area contributed by atoms with E-state index in [4.69, 9.17) is 0 Å². The molecule has 1 fully saturated rings. The molecule has 0 aliphatic carbocycles. The van der Waals surface area contributed by atoms with E-state index in [1.54, 1.807) is 12.1 Å². The molecule has 1 aromatic rings. The number of benzene rings is 1. The van der Waals surface area contributed by atoms with Crippen LogP contribution in [0.5, 0.6) is 0 Å². The van der Waals surface area contributed by atoms with E-state index < -0.39 is 10.0 Å². The third-order valence-corrected chi connectivity index (χ3v) is 6.74. The monoisotopic (exact) mass is 405 g/mol. The number of nitrogens with zero attached hydrogens (tertiary/aromatic N) is 2. The molecule has 0 bridgehead atoms. The van der Waals surface area contributed by atoms with Crippen LogP contribution in [0.2, 0.25) is 0 Å². The number of anilines is 1. The van der Waals surface area contributed by atoms with Gasteiger partial charge in [0, 0.05) is 24.6 Å². The first kappa shape index (κ1) is 20.8. The van der Waals surface area contributed by atoms with Crippen LogP contribution in [0.1, 0.15) is 76.1 Å². The predicted octanol–water partition coefficient (Wildman–Crippen LogP) is 4.11. The Morgan fingerprint density at radius 2 is 1.96 bits per heavy atom. The van der Waals surface area contributed by atoms with Crippen molar-refractivity contribution in [2.45, 2.75) is 76.7 Å². The quantitative estimate of drug-likeness (QED) is 0.772. The Balaban J connectivity index is 1.77. The summed E-state index contributed by atoms with van der Waals surface area (Å²) in [5.74, 6) is 1.04. The summed E-state index contributed by atoms with van der Waals surface area (Å²) in [6.07, 6.45) is 6.81. The summed E-state index contributed by atoms with van der Waals surface area (Å²) in [5.41, 5.74) is 1.01. The molecule has 2 heterocycles. The van der Waals surface area contributed by atoms with Crippen LogP contribution < -0.4 is 10.2 Å². The van der Waals surface area contributed by atoms with Gasteiger partial charge < -0.3 is 10.2 Å². The first-order valence-corrected chi connectivity index (χ1v) is 11.8. The van der Waals surface area contributed by atoms with E-state index in [1.807, 2.05) is 11.8 Å². The van der Waals surface area contributed by atoms with Crippen LogP contribution in [0, 0.1) is 5.92 Å². The number of hydrogen-bond acceptors (Lipinski definition) is 4. The van der Waals surface area contributed by atoms with Crippen molar-refractivity contribution in [3.05, 3.63) is 23.8 Å². The fourth-order valence-electron chi connectivity index (χ4n) is 3.83. The van der Waals surface area contributed by atoms with E-state index in [9.17, 15) is 13.2 Å². The fraction of sp³-hybridized carbons (Fsp3) is 0.619. The smallest absolute Gasteiger partial charge is 0.286 e. The molecule has 7 heteroatoms. The Kier molecular flexibility index (Phi) is 6.43. The van der Waals surface area contributed by atoms with Gasteiger partial charge in [0.2, 0.25) is 0 Å². The average Bonchev–Trinajstić information content (AvgIpc) is 2.85. The van der Waals surface area contributed by atoms with Gasteiger partial charge in [0.25, 0.3) is 15.9 Å². The summed E-state index contributed by atoms with van der Waals surface area (Å²) in [5, 5.41) is 2.99. The van der Waals surface area contributed by atoms with Gasteiger partial charge in [-0.05, 0) is 50.3 Å². The molecule has 1 N–H and O–H groups in total. The Bertz CT molecular complexity index is 862. The molecule has 1 saturated heterocycles. The molecule has 1 aromatic carbocycles. The first-order chi connectivity index (χ1) is 13.3. The number of nitrogens with one attached hydrogen (secondary N) is 1. The van der Waals surface area contributed by atoms with E-state index in [2.05, 4.69) is 23.6 Å². The molecule has 2 aliphatic heterocycles. The highest BCUT2D eigenvalue weighted by molar-refractivity contribution is 7.90. The van der Waals surface area contributed by atoms with E-state index in [-0.39, 0.29) is 16.8 Å². The van der Waals surface area contributed by atoms with Gasteiger partial charge in [-0.25, -0.2) is 0 Å². The topological polar surface area (TPSA) is 78.8 Å². The van der Waals surface area contributed by atoms with Gasteiger partial charge >= 0.3 is 0 Å². The van der Waals surface area contributed by atoms with E-state index in [0.29, 0.717) is 29.4 Å². The lowest BCUT2D eigenvalue weighted by Crippen LogP contribution is -2.36. The van der Waals surface area contributed by atoms with Crippen LogP contribution in [0.25, 0.3) is 0 Å². The lowest BCUT2D eigenvalue weighted by Gasteiger charge is -2.29. The van der Waals surface area contributed by atoms with Crippen LogP contribution in [-0.4, -0.2) is 32.7 Å². The minimum absolute atomic E-state index is 0.0501. The van der Waals surface area contributed by atoms with Crippen LogP contribution in [-0.2, 0) is 10.0 Å². The lowest BCUT2D eigenvalue weighted by molar-refractivity contribution is 0.0937. The SMILES string of the molecule is CC(C)CCCC(C)NC(=O)c1ccc2c(c1)S(=O)(=O)N=C1CCCCCN12. The highest BCUT2D eigenvalue weighted by Gasteiger charge is 2.32. The number of rotatable bonds is 6. The van der Waals surface area contributed by atoms with Gasteiger partial charge in [0.15, 0.2) is 0 Å². The highest BCUT2D eigenvalue weighted by Crippen LogP contribution is 2.35. The summed E-state index contributed by atoms with van der Waals surface area (Å²) < 4.78 is 29.4. The van der Waals surface area contributed by atoms with Crippen molar-refractivity contribution in [3.63, 3.8) is 0 Å². The first-order valence-electron chi connectivity index (χ1n) is 10.3. The van der Waals surface area contributed by atoms with Gasteiger partial charge in [-0.1, -0.05) is 33.1 Å². The molecule has 0 radical (unpaired) electrons. The summed E-state index contributed by atoms with van der Waals surface area (Å²) >= 11 is 0. The number of sulfonamides is 1. The molecule has 1 atom stereocenters. The largest absolute Gasteiger partial charge is 0.350 e. The minimum atomic E-state index is -3.77. The van der Waals surface area contributed by atoms with Crippen molar-refractivity contribution < 1.29 is 13.2 Å². The standard InChI is InChI=1S/C21H31N3O3S/c1-15(2)8-7-9-16(3)22-21(25)17-11-12-18-19(14-17)28(26,27)23-20-10-5-4-6-13-24(18)20/h11-12,14-16H,4-10,13H2,1-3H3,(H,22,25). The molecule has 3 rings (SSSR count). The molecule has 1 unspecified atom stereocenters. The van der Waals surface area contributed by atoms with Gasteiger partial charge in [-0.2, -0.15) is 8.42 Å². The number of hydrogen-bond donors (Lipinski definition) is 1. The lowest BCUT2D eigenvalue weighted by atomic mass is 10.0. The molecule has 2 aliphatic rings. The summed E-state index contributed by atoms with van der Waals surface area (Å²) in [4.78, 5) is 14.8. The third kappa shape index (κ3) is 4.74. The third-order valence-electron chi connectivity index (χ3n) is 5.41. The van der Waals surface area contributed by atoms with E-state index in [1.165, 1.54) is 6.07 Å². The zero-order chi connectivity index (χ0) is 20.3. The molecule has 0 aromatic heterocycles. The molecule has 0 spiro atoms. The molecule has 0 saturated carbocycles. The second-order valence-corrected chi connectivity index (χ2v) is 9.90. The van der Waals surface area contributed by atoms with Crippen molar-refractivity contribution in [3.8, 4) is 0 Å². The van der Waals surface area contributed by atoms with Gasteiger partial charge in [-0.15, -0.1) is 4.40 Å². The zero-order valence-electron chi connectivity index (χ0n) is 17.1. The maximum absolute atomic E-state index is 12.7. The number of amides is 1. The molecule has 6 nitrogen and oxygen atoms in total. The molecule has 28 heavy (non-hydrogen) atoms. The minimum Gasteiger partial charge on any atom is -0.350 e. The zero-order valence-corrected chi connectivity index (χ0v) is 17.9. The fourth-order valence-corrected chi connectivity index (χ4v) is 5.12. The number of amidine groups is 1. The van der Waals surface area contributed by atoms with E-state index in [0.717, 1.165) is 45.1 Å². The molecule has 1 amide bonds. The normalized spacial score (nSPS) is 19.3. The Morgan fingerprint density at radius 1 is 1.18 bits per heavy atom. The Hall–Kier alpha value is -1.89. The summed E-state index contributed by atoms with van der Waals surface area (Å²) in [6.45, 7) is 7.13. The van der Waals surface area contributed by atoms with Crippen molar-refractivity contribution >= 4 is 27.5 Å². The van der Waals surface area contributed by atoms with Crippen LogP contribution in [0.4, 0.5) is 5.69 Å². The van der Waals surface area contributed by atoms with Gasteiger partial charge in [0.1, 0.15) is 10.7 Å². The number of carbonyl (C=O) groups is 1. The average molecular weight is 406 g/mol. The second kappa shape index (κ2) is 8.64. The highest BCUT2D eigenvalue weighted by atomic mass is 32.2. The van der Waals surface area contributed by atoms with Gasteiger partial charge in [-0.3, -0.25) is 4.79 Å². The Morgan fingerprint density at radius 3 is 2.71 bits per heavy atom. The summed E-state index contributed by atoms with van der Waals surface area (Å²) in [7, 11) is -3.77. The Labute approximate surface area is 168 Å². The predicted molar refractivity (Wildman–Crippen MR) is 112 cm³/mol. The second-order valence-electron chi connectivity index (χ2n) is 8.33. The number of fused-ring (bicyclic) bond motifs is 3. The van der Waals surface area contributed by atoms with Crippen molar-refractivity contribution in [2.75, 3.05) is 11.4 Å². The molecular formula is C21H31N3O3S.